The summed E-state index contributed by atoms with van der Waals surface area (Å²) >= 11 is 0. The van der Waals surface area contributed by atoms with Crippen molar-refractivity contribution in [3.05, 3.63) is 48.0 Å². The van der Waals surface area contributed by atoms with Crippen LogP contribution in [0.5, 0.6) is 0 Å². The Labute approximate surface area is 106 Å². The largest absolute Gasteiger partial charge is 0.340 e. The maximum Gasteiger partial charge on any atom is 0.150 e. The van der Waals surface area contributed by atoms with Gasteiger partial charge in [0.1, 0.15) is 6.29 Å². The van der Waals surface area contributed by atoms with Crippen LogP contribution < -0.4 is 0 Å². The molecule has 3 aromatic rings. The van der Waals surface area contributed by atoms with Crippen LogP contribution in [0.2, 0.25) is 0 Å². The van der Waals surface area contributed by atoms with Crippen molar-refractivity contribution < 1.29 is 4.79 Å². The molecule has 0 unspecified atom stereocenters. The molecule has 0 aliphatic heterocycles. The van der Waals surface area contributed by atoms with Crippen LogP contribution in [-0.4, -0.2) is 10.9 Å². The van der Waals surface area contributed by atoms with Crippen molar-refractivity contribution >= 4 is 28.1 Å². The summed E-state index contributed by atoms with van der Waals surface area (Å²) in [4.78, 5) is 10.9. The van der Waals surface area contributed by atoms with E-state index in [1.165, 1.54) is 21.8 Å². The third-order valence-corrected chi connectivity index (χ3v) is 3.38. The summed E-state index contributed by atoms with van der Waals surface area (Å²) in [6.07, 6.45) is 2.01. The summed E-state index contributed by atoms with van der Waals surface area (Å²) in [7, 11) is 0. The van der Waals surface area contributed by atoms with Gasteiger partial charge >= 0.3 is 0 Å². The zero-order valence-electron chi connectivity index (χ0n) is 10.4. The van der Waals surface area contributed by atoms with E-state index in [4.69, 9.17) is 0 Å². The first-order valence-electron chi connectivity index (χ1n) is 6.31. The SMILES string of the molecule is CCCn1c2ccccc2c2cc(C=O)ccc21. The number of para-hydroxylation sites is 1. The molecule has 2 aromatic carbocycles. The van der Waals surface area contributed by atoms with E-state index >= 15 is 0 Å². The number of carbonyl (C=O) groups is 1. The number of nitrogens with zero attached hydrogens (tertiary/aromatic N) is 1. The van der Waals surface area contributed by atoms with Crippen LogP contribution in [0.15, 0.2) is 42.5 Å². The van der Waals surface area contributed by atoms with Crippen molar-refractivity contribution in [2.75, 3.05) is 0 Å². The number of carbonyl (C=O) groups excluding carboxylic acids is 1. The maximum atomic E-state index is 10.9. The molecule has 0 atom stereocenters. The zero-order valence-corrected chi connectivity index (χ0v) is 10.4. The standard InChI is InChI=1S/C16H15NO/c1-2-9-17-15-6-4-3-5-13(15)14-10-12(11-18)7-8-16(14)17/h3-8,10-11H,2,9H2,1H3. The Bertz CT molecular complexity index is 724. The third kappa shape index (κ3) is 1.53. The molecule has 0 fully saturated rings. The van der Waals surface area contributed by atoms with Gasteiger partial charge in [-0.1, -0.05) is 25.1 Å². The smallest absolute Gasteiger partial charge is 0.150 e. The van der Waals surface area contributed by atoms with Crippen LogP contribution in [-0.2, 0) is 6.54 Å². The van der Waals surface area contributed by atoms with Gasteiger partial charge in [-0.15, -0.1) is 0 Å². The summed E-state index contributed by atoms with van der Waals surface area (Å²) in [5, 5.41) is 2.40. The van der Waals surface area contributed by atoms with E-state index in [9.17, 15) is 4.79 Å². The van der Waals surface area contributed by atoms with Crippen molar-refractivity contribution in [3.63, 3.8) is 0 Å². The number of hydrogen-bond donors (Lipinski definition) is 0. The van der Waals surface area contributed by atoms with E-state index in [0.29, 0.717) is 0 Å². The first-order chi connectivity index (χ1) is 8.85. The Morgan fingerprint density at radius 3 is 2.61 bits per heavy atom. The molecule has 0 aliphatic rings. The van der Waals surface area contributed by atoms with Crippen LogP contribution in [0.1, 0.15) is 23.7 Å². The van der Waals surface area contributed by atoms with E-state index in [1.807, 2.05) is 18.2 Å². The Hall–Kier alpha value is -2.09. The fraction of sp³-hybridized carbons (Fsp3) is 0.188. The predicted octanol–water partition coefficient (Wildman–Crippen LogP) is 4.02. The second-order valence-electron chi connectivity index (χ2n) is 4.56. The molecule has 1 aromatic heterocycles. The average molecular weight is 237 g/mol. The average Bonchev–Trinajstić information content (AvgIpc) is 2.74. The molecule has 0 bridgehead atoms. The van der Waals surface area contributed by atoms with Crippen molar-refractivity contribution in [1.29, 1.82) is 0 Å². The molecular formula is C16H15NO. The molecule has 0 saturated carbocycles. The third-order valence-electron chi connectivity index (χ3n) is 3.38. The fourth-order valence-corrected chi connectivity index (χ4v) is 2.61. The summed E-state index contributed by atoms with van der Waals surface area (Å²) < 4.78 is 2.33. The van der Waals surface area contributed by atoms with Gasteiger partial charge in [-0.3, -0.25) is 4.79 Å². The molecule has 2 nitrogen and oxygen atoms in total. The monoisotopic (exact) mass is 237 g/mol. The molecule has 0 saturated heterocycles. The first kappa shape index (κ1) is 11.0. The lowest BCUT2D eigenvalue weighted by molar-refractivity contribution is 0.112. The van der Waals surface area contributed by atoms with Crippen molar-refractivity contribution in [3.8, 4) is 0 Å². The van der Waals surface area contributed by atoms with E-state index in [-0.39, 0.29) is 0 Å². The van der Waals surface area contributed by atoms with Gasteiger partial charge in [-0.25, -0.2) is 0 Å². The molecule has 3 rings (SSSR count). The number of aromatic nitrogens is 1. The van der Waals surface area contributed by atoms with E-state index in [1.54, 1.807) is 0 Å². The highest BCUT2D eigenvalue weighted by Crippen LogP contribution is 2.29. The number of rotatable bonds is 3. The molecule has 0 radical (unpaired) electrons. The number of hydrogen-bond acceptors (Lipinski definition) is 1. The Balaban J connectivity index is 2.45. The van der Waals surface area contributed by atoms with Crippen molar-refractivity contribution in [1.82, 2.24) is 4.57 Å². The van der Waals surface area contributed by atoms with Gasteiger partial charge in [0, 0.05) is 33.9 Å². The minimum Gasteiger partial charge on any atom is -0.340 e. The maximum absolute atomic E-state index is 10.9. The molecule has 0 aliphatic carbocycles. The van der Waals surface area contributed by atoms with Gasteiger partial charge in [0.25, 0.3) is 0 Å². The molecule has 0 amide bonds. The van der Waals surface area contributed by atoms with Crippen LogP contribution in [0.3, 0.4) is 0 Å². The van der Waals surface area contributed by atoms with E-state index < -0.39 is 0 Å². The molecule has 90 valence electrons. The van der Waals surface area contributed by atoms with Gasteiger partial charge in [0.05, 0.1) is 0 Å². The van der Waals surface area contributed by atoms with Crippen LogP contribution in [0.25, 0.3) is 21.8 Å². The van der Waals surface area contributed by atoms with E-state index in [0.717, 1.165) is 24.8 Å². The van der Waals surface area contributed by atoms with Crippen LogP contribution in [0, 0.1) is 0 Å². The lowest BCUT2D eigenvalue weighted by atomic mass is 10.1. The number of fused-ring (bicyclic) bond motifs is 3. The van der Waals surface area contributed by atoms with Gasteiger partial charge in [-0.2, -0.15) is 0 Å². The van der Waals surface area contributed by atoms with Crippen LogP contribution >= 0.6 is 0 Å². The topological polar surface area (TPSA) is 22.0 Å². The quantitative estimate of drug-likeness (QED) is 0.631. The Kier molecular flexibility index (Phi) is 2.63. The molecular weight excluding hydrogens is 222 g/mol. The summed E-state index contributed by atoms with van der Waals surface area (Å²) in [6.45, 7) is 3.19. The van der Waals surface area contributed by atoms with Crippen LogP contribution in [0.4, 0.5) is 0 Å². The first-order valence-corrected chi connectivity index (χ1v) is 6.31. The number of benzene rings is 2. The highest BCUT2D eigenvalue weighted by Gasteiger charge is 2.09. The lowest BCUT2D eigenvalue weighted by Gasteiger charge is -2.04. The molecule has 1 heterocycles. The second kappa shape index (κ2) is 4.30. The van der Waals surface area contributed by atoms with E-state index in [2.05, 4.69) is 35.8 Å². The molecule has 0 N–H and O–H groups in total. The fourth-order valence-electron chi connectivity index (χ4n) is 2.61. The van der Waals surface area contributed by atoms with Gasteiger partial charge in [0.15, 0.2) is 0 Å². The summed E-state index contributed by atoms with van der Waals surface area (Å²) in [5.74, 6) is 0. The van der Waals surface area contributed by atoms with Gasteiger partial charge in [-0.05, 0) is 30.7 Å². The Morgan fingerprint density at radius 2 is 1.83 bits per heavy atom. The minimum atomic E-state index is 0.738. The van der Waals surface area contributed by atoms with Crippen molar-refractivity contribution in [2.45, 2.75) is 19.9 Å². The number of aldehydes is 1. The van der Waals surface area contributed by atoms with Crippen molar-refractivity contribution in [2.24, 2.45) is 0 Å². The minimum absolute atomic E-state index is 0.738. The zero-order chi connectivity index (χ0) is 12.5. The molecule has 2 heteroatoms. The highest BCUT2D eigenvalue weighted by molar-refractivity contribution is 6.09. The Morgan fingerprint density at radius 1 is 1.06 bits per heavy atom. The highest BCUT2D eigenvalue weighted by atomic mass is 16.1. The summed E-state index contributed by atoms with van der Waals surface area (Å²) in [5.41, 5.74) is 3.20. The molecule has 0 spiro atoms. The molecule has 18 heavy (non-hydrogen) atoms. The van der Waals surface area contributed by atoms with Gasteiger partial charge < -0.3 is 4.57 Å². The summed E-state index contributed by atoms with van der Waals surface area (Å²) in [6, 6.07) is 14.3. The predicted molar refractivity (Wildman–Crippen MR) is 75.1 cm³/mol. The second-order valence-corrected chi connectivity index (χ2v) is 4.56. The normalized spacial score (nSPS) is 11.2. The number of aryl methyl sites for hydroxylation is 1. The lowest BCUT2D eigenvalue weighted by Crippen LogP contribution is -1.95. The van der Waals surface area contributed by atoms with Gasteiger partial charge in [0.2, 0.25) is 0 Å².